The van der Waals surface area contributed by atoms with Gasteiger partial charge in [0.2, 0.25) is 0 Å². The monoisotopic (exact) mass is 157 g/mol. The van der Waals surface area contributed by atoms with Crippen molar-refractivity contribution in [2.75, 3.05) is 6.61 Å². The average molecular weight is 157 g/mol. The van der Waals surface area contributed by atoms with E-state index in [0.29, 0.717) is 0 Å². The van der Waals surface area contributed by atoms with Crippen LogP contribution in [-0.4, -0.2) is 26.2 Å². The maximum atomic E-state index is 10.2. The molecule has 1 rings (SSSR count). The third-order valence-corrected chi connectivity index (χ3v) is 1.22. The van der Waals surface area contributed by atoms with Gasteiger partial charge < -0.3 is 15.2 Å². The zero-order valence-electron chi connectivity index (χ0n) is 5.67. The summed E-state index contributed by atoms with van der Waals surface area (Å²) in [6.07, 6.45) is 2.46. The van der Waals surface area contributed by atoms with E-state index in [1.54, 1.807) is 0 Å². The lowest BCUT2D eigenvalue weighted by Crippen LogP contribution is -2.04. The zero-order chi connectivity index (χ0) is 8.27. The molecule has 0 radical (unpaired) electrons. The maximum Gasteiger partial charge on any atom is 0.342 e. The standard InChI is InChI=1S/C5H7N3O3/c9-2-1-7-4-6-3-5(7)8(10)11/h3-4,9H,1-2H2. The lowest BCUT2D eigenvalue weighted by Gasteiger charge is -1.95. The predicted molar refractivity (Wildman–Crippen MR) is 36.0 cm³/mol. The first-order valence-corrected chi connectivity index (χ1v) is 3.01. The highest BCUT2D eigenvalue weighted by molar-refractivity contribution is 5.14. The quantitative estimate of drug-likeness (QED) is 0.486. The first-order chi connectivity index (χ1) is 5.25. The van der Waals surface area contributed by atoms with Gasteiger partial charge in [-0.1, -0.05) is 0 Å². The molecule has 1 heterocycles. The number of nitro groups is 1. The van der Waals surface area contributed by atoms with Crippen LogP contribution in [0.2, 0.25) is 0 Å². The van der Waals surface area contributed by atoms with Gasteiger partial charge in [0.1, 0.15) is 12.7 Å². The number of aliphatic hydroxyl groups excluding tert-OH is 1. The summed E-state index contributed by atoms with van der Waals surface area (Å²) in [5, 5.41) is 18.7. The smallest absolute Gasteiger partial charge is 0.342 e. The van der Waals surface area contributed by atoms with Crippen molar-refractivity contribution in [1.82, 2.24) is 9.55 Å². The van der Waals surface area contributed by atoms with Crippen molar-refractivity contribution in [1.29, 1.82) is 0 Å². The van der Waals surface area contributed by atoms with E-state index in [0.717, 1.165) is 6.20 Å². The summed E-state index contributed by atoms with van der Waals surface area (Å²) in [6.45, 7) is 0.0769. The van der Waals surface area contributed by atoms with Gasteiger partial charge in [0.25, 0.3) is 0 Å². The lowest BCUT2D eigenvalue weighted by molar-refractivity contribution is -0.392. The van der Waals surface area contributed by atoms with Crippen molar-refractivity contribution in [3.8, 4) is 0 Å². The number of hydrogen-bond donors (Lipinski definition) is 1. The average Bonchev–Trinajstić information content (AvgIpc) is 2.36. The van der Waals surface area contributed by atoms with Gasteiger partial charge in [0.05, 0.1) is 6.61 Å². The Morgan fingerprint density at radius 3 is 3.09 bits per heavy atom. The minimum atomic E-state index is -0.539. The maximum absolute atomic E-state index is 10.2. The Balaban J connectivity index is 2.87. The van der Waals surface area contributed by atoms with Crippen LogP contribution in [-0.2, 0) is 6.54 Å². The highest BCUT2D eigenvalue weighted by atomic mass is 16.6. The highest BCUT2D eigenvalue weighted by Gasteiger charge is 2.10. The fourth-order valence-electron chi connectivity index (χ4n) is 0.746. The Morgan fingerprint density at radius 1 is 1.82 bits per heavy atom. The van der Waals surface area contributed by atoms with E-state index in [9.17, 15) is 10.1 Å². The van der Waals surface area contributed by atoms with Gasteiger partial charge in [0.15, 0.2) is 6.33 Å². The van der Waals surface area contributed by atoms with E-state index in [4.69, 9.17) is 5.11 Å². The molecule has 0 amide bonds. The molecule has 0 saturated carbocycles. The molecule has 0 spiro atoms. The first-order valence-electron chi connectivity index (χ1n) is 3.01. The van der Waals surface area contributed by atoms with Crippen LogP contribution < -0.4 is 0 Å². The van der Waals surface area contributed by atoms with Crippen LogP contribution in [0.25, 0.3) is 0 Å². The van der Waals surface area contributed by atoms with Gasteiger partial charge in [0, 0.05) is 0 Å². The van der Waals surface area contributed by atoms with Crippen molar-refractivity contribution in [2.24, 2.45) is 0 Å². The lowest BCUT2D eigenvalue weighted by atomic mass is 10.6. The minimum Gasteiger partial charge on any atom is -0.392 e. The van der Waals surface area contributed by atoms with E-state index in [1.165, 1.54) is 10.9 Å². The normalized spacial score (nSPS) is 9.91. The summed E-state index contributed by atoms with van der Waals surface area (Å²) in [5.74, 6) is -0.0981. The van der Waals surface area contributed by atoms with Crippen LogP contribution in [0, 0.1) is 10.1 Å². The van der Waals surface area contributed by atoms with Crippen LogP contribution in [0.4, 0.5) is 5.82 Å². The van der Waals surface area contributed by atoms with Crippen LogP contribution in [0.15, 0.2) is 12.5 Å². The SMILES string of the molecule is O=[N+]([O-])c1cncn1CCO. The molecule has 0 aliphatic heterocycles. The number of hydrogen-bond acceptors (Lipinski definition) is 4. The number of imidazole rings is 1. The van der Waals surface area contributed by atoms with Gasteiger partial charge in [-0.3, -0.25) is 0 Å². The second-order valence-corrected chi connectivity index (χ2v) is 1.93. The molecule has 0 aromatic carbocycles. The molecule has 0 atom stereocenters. The Bertz CT molecular complexity index is 257. The largest absolute Gasteiger partial charge is 0.392 e. The molecule has 0 fully saturated rings. The van der Waals surface area contributed by atoms with Crippen molar-refractivity contribution >= 4 is 5.82 Å². The minimum absolute atomic E-state index is 0.0981. The predicted octanol–water partition coefficient (Wildman–Crippen LogP) is -0.216. The van der Waals surface area contributed by atoms with Gasteiger partial charge in [-0.25, -0.2) is 9.55 Å². The van der Waals surface area contributed by atoms with E-state index in [2.05, 4.69) is 4.98 Å². The van der Waals surface area contributed by atoms with Crippen molar-refractivity contribution < 1.29 is 10.0 Å². The Kier molecular flexibility index (Phi) is 2.17. The molecule has 0 bridgehead atoms. The molecule has 6 nitrogen and oxygen atoms in total. The Labute approximate surface area is 62.2 Å². The van der Waals surface area contributed by atoms with Gasteiger partial charge in [-0.05, 0) is 4.92 Å². The molecule has 6 heteroatoms. The molecule has 0 unspecified atom stereocenters. The summed E-state index contributed by atoms with van der Waals surface area (Å²) >= 11 is 0. The number of nitrogens with zero attached hydrogens (tertiary/aromatic N) is 3. The van der Waals surface area contributed by atoms with Crippen LogP contribution in [0.5, 0.6) is 0 Å². The van der Waals surface area contributed by atoms with Crippen LogP contribution in [0.3, 0.4) is 0 Å². The Hall–Kier alpha value is -1.43. The van der Waals surface area contributed by atoms with Crippen molar-refractivity contribution in [3.05, 3.63) is 22.6 Å². The molecule has 0 saturated heterocycles. The fraction of sp³-hybridized carbons (Fsp3) is 0.400. The molecular weight excluding hydrogens is 150 g/mol. The molecule has 11 heavy (non-hydrogen) atoms. The summed E-state index contributed by atoms with van der Waals surface area (Å²) in [4.78, 5) is 13.3. The van der Waals surface area contributed by atoms with Gasteiger partial charge in [-0.15, -0.1) is 0 Å². The Morgan fingerprint density at radius 2 is 2.55 bits per heavy atom. The third-order valence-electron chi connectivity index (χ3n) is 1.22. The summed E-state index contributed by atoms with van der Waals surface area (Å²) in [6, 6.07) is 0. The van der Waals surface area contributed by atoms with Crippen LogP contribution in [0.1, 0.15) is 0 Å². The second kappa shape index (κ2) is 3.11. The number of aliphatic hydroxyl groups is 1. The fourth-order valence-corrected chi connectivity index (χ4v) is 0.746. The van der Waals surface area contributed by atoms with Crippen LogP contribution >= 0.6 is 0 Å². The van der Waals surface area contributed by atoms with Gasteiger partial charge >= 0.3 is 5.82 Å². The second-order valence-electron chi connectivity index (χ2n) is 1.93. The molecule has 0 aliphatic carbocycles. The van der Waals surface area contributed by atoms with Crippen molar-refractivity contribution in [3.63, 3.8) is 0 Å². The van der Waals surface area contributed by atoms with Crippen molar-refractivity contribution in [2.45, 2.75) is 6.54 Å². The first kappa shape index (κ1) is 7.67. The summed E-state index contributed by atoms with van der Waals surface area (Å²) in [7, 11) is 0. The topological polar surface area (TPSA) is 81.2 Å². The number of aromatic nitrogens is 2. The number of rotatable bonds is 3. The molecule has 0 aliphatic rings. The molecule has 1 N–H and O–H groups in total. The molecule has 1 aromatic heterocycles. The summed E-state index contributed by atoms with van der Waals surface area (Å²) in [5.41, 5.74) is 0. The van der Waals surface area contributed by atoms with E-state index in [-0.39, 0.29) is 19.0 Å². The summed E-state index contributed by atoms with van der Waals surface area (Å²) < 4.78 is 1.28. The van der Waals surface area contributed by atoms with E-state index < -0.39 is 4.92 Å². The third kappa shape index (κ3) is 1.53. The van der Waals surface area contributed by atoms with E-state index >= 15 is 0 Å². The van der Waals surface area contributed by atoms with E-state index in [1.807, 2.05) is 0 Å². The molecule has 60 valence electrons. The molecular formula is C5H7N3O3. The zero-order valence-corrected chi connectivity index (χ0v) is 5.67. The molecule has 1 aromatic rings. The highest BCUT2D eigenvalue weighted by Crippen LogP contribution is 2.07. The van der Waals surface area contributed by atoms with Gasteiger partial charge in [-0.2, -0.15) is 0 Å².